The van der Waals surface area contributed by atoms with Crippen LogP contribution in [-0.2, 0) is 27.0 Å². The van der Waals surface area contributed by atoms with Gasteiger partial charge < -0.3 is 15.4 Å². The summed E-state index contributed by atoms with van der Waals surface area (Å²) in [5.74, 6) is -0.922. The topological polar surface area (TPSA) is 87.7 Å². The van der Waals surface area contributed by atoms with Gasteiger partial charge in [0.05, 0.1) is 5.92 Å². The molecule has 40 heavy (non-hydrogen) atoms. The lowest BCUT2D eigenvalue weighted by molar-refractivity contribution is -0.137. The summed E-state index contributed by atoms with van der Waals surface area (Å²) in [6.07, 6.45) is 4.00. The second-order valence-electron chi connectivity index (χ2n) is 11.1. The second-order valence-corrected chi connectivity index (χ2v) is 11.1. The van der Waals surface area contributed by atoms with Crippen LogP contribution in [-0.4, -0.2) is 41.7 Å². The molecule has 4 aliphatic heterocycles. The van der Waals surface area contributed by atoms with Crippen molar-refractivity contribution in [3.8, 4) is 5.75 Å². The zero-order valence-electron chi connectivity index (χ0n) is 22.4. The summed E-state index contributed by atoms with van der Waals surface area (Å²) in [6, 6.07) is 20.4. The van der Waals surface area contributed by atoms with Gasteiger partial charge >= 0.3 is 0 Å². The number of Topliss-reactive ketones (excluding diaryl/α,β-unsaturated/α-hetero) is 1. The first-order valence-corrected chi connectivity index (χ1v) is 14.0. The van der Waals surface area contributed by atoms with E-state index in [4.69, 9.17) is 4.74 Å². The minimum absolute atomic E-state index is 0.155. The third-order valence-electron chi connectivity index (χ3n) is 9.34. The third kappa shape index (κ3) is 2.96. The summed E-state index contributed by atoms with van der Waals surface area (Å²) in [7, 11) is 0. The Balaban J connectivity index is 1.52. The average molecular weight is 534 g/mol. The highest BCUT2D eigenvalue weighted by Crippen LogP contribution is 2.67. The van der Waals surface area contributed by atoms with E-state index in [1.165, 1.54) is 0 Å². The zero-order chi connectivity index (χ0) is 27.6. The Labute approximate surface area is 233 Å². The van der Waals surface area contributed by atoms with E-state index in [9.17, 15) is 14.4 Å². The molecule has 202 valence electrons. The van der Waals surface area contributed by atoms with Crippen molar-refractivity contribution < 1.29 is 19.1 Å². The van der Waals surface area contributed by atoms with Gasteiger partial charge in [0.15, 0.2) is 5.78 Å². The molecule has 2 saturated heterocycles. The number of ether oxygens (including phenoxy) is 1. The number of carbonyl (C=O) groups excluding carboxylic acids is 3. The maximum atomic E-state index is 14.8. The molecule has 2 amide bonds. The molecule has 0 aliphatic carbocycles. The number of aryl methyl sites for hydroxylation is 1. The number of nitrogens with one attached hydrogen (secondary N) is 2. The van der Waals surface area contributed by atoms with Crippen molar-refractivity contribution in [2.45, 2.75) is 43.2 Å². The standard InChI is InChI=1S/C33H31N3O4/c1-3-17-40-22-10-7-9-21(19-22)29(37)28-27-13-8-16-36(27)33(24-18-20(4-2)14-15-26(24)35-31(33)39)32(28)23-11-5-6-12-25(23)34-30(32)38/h3,5-7,9-12,14-15,18-19,27-28H,1,4,8,13,16-17H2,2H3,(H,34,38)(H,35,39)/t27-,28+,32+,33-/m1/s1. The van der Waals surface area contributed by atoms with Crippen LogP contribution in [0.3, 0.4) is 0 Å². The fourth-order valence-corrected chi connectivity index (χ4v) is 7.92. The van der Waals surface area contributed by atoms with Crippen molar-refractivity contribution in [1.82, 2.24) is 4.90 Å². The normalized spacial score (nSPS) is 27.8. The van der Waals surface area contributed by atoms with E-state index in [0.717, 1.165) is 30.4 Å². The van der Waals surface area contributed by atoms with Crippen molar-refractivity contribution in [2.24, 2.45) is 5.92 Å². The molecule has 2 fully saturated rings. The van der Waals surface area contributed by atoms with Gasteiger partial charge in [-0.15, -0.1) is 0 Å². The molecule has 0 bridgehead atoms. The van der Waals surface area contributed by atoms with E-state index in [1.807, 2.05) is 36.4 Å². The van der Waals surface area contributed by atoms with E-state index in [-0.39, 0.29) is 23.6 Å². The molecule has 0 radical (unpaired) electrons. The lowest BCUT2D eigenvalue weighted by atomic mass is 9.57. The summed E-state index contributed by atoms with van der Waals surface area (Å²) in [5, 5.41) is 6.22. The first-order valence-electron chi connectivity index (χ1n) is 14.0. The molecule has 3 aromatic rings. The molecule has 2 spiro atoms. The number of hydrogen-bond donors (Lipinski definition) is 2. The van der Waals surface area contributed by atoms with E-state index >= 15 is 0 Å². The molecule has 0 saturated carbocycles. The van der Waals surface area contributed by atoms with Crippen molar-refractivity contribution in [2.75, 3.05) is 23.8 Å². The van der Waals surface area contributed by atoms with Gasteiger partial charge in [-0.2, -0.15) is 0 Å². The number of amides is 2. The number of carbonyl (C=O) groups is 3. The van der Waals surface area contributed by atoms with Crippen LogP contribution in [0.1, 0.15) is 46.8 Å². The number of nitrogens with zero attached hydrogens (tertiary/aromatic N) is 1. The Morgan fingerprint density at radius 3 is 2.65 bits per heavy atom. The molecule has 4 heterocycles. The van der Waals surface area contributed by atoms with Gasteiger partial charge in [-0.1, -0.05) is 62.0 Å². The highest BCUT2D eigenvalue weighted by molar-refractivity contribution is 6.21. The molecule has 7 rings (SSSR count). The summed E-state index contributed by atoms with van der Waals surface area (Å²) >= 11 is 0. The number of fused-ring (bicyclic) bond motifs is 7. The highest BCUT2D eigenvalue weighted by atomic mass is 16.5. The first kappa shape index (κ1) is 24.8. The van der Waals surface area contributed by atoms with E-state index in [2.05, 4.69) is 35.1 Å². The maximum Gasteiger partial charge on any atom is 0.251 e. The fourth-order valence-electron chi connectivity index (χ4n) is 7.92. The average Bonchev–Trinajstić information content (AvgIpc) is 3.70. The molecule has 7 heteroatoms. The summed E-state index contributed by atoms with van der Waals surface area (Å²) < 4.78 is 5.75. The van der Waals surface area contributed by atoms with E-state index in [0.29, 0.717) is 41.4 Å². The summed E-state index contributed by atoms with van der Waals surface area (Å²) in [5.41, 5.74) is 1.58. The van der Waals surface area contributed by atoms with Crippen LogP contribution in [0.5, 0.6) is 5.75 Å². The van der Waals surface area contributed by atoms with Gasteiger partial charge in [-0.3, -0.25) is 19.3 Å². The van der Waals surface area contributed by atoms with E-state index in [1.54, 1.807) is 30.3 Å². The number of ketones is 1. The van der Waals surface area contributed by atoms with Crippen molar-refractivity contribution in [3.63, 3.8) is 0 Å². The van der Waals surface area contributed by atoms with Crippen molar-refractivity contribution in [3.05, 3.63) is 102 Å². The third-order valence-corrected chi connectivity index (χ3v) is 9.34. The van der Waals surface area contributed by atoms with Crippen LogP contribution in [0, 0.1) is 5.92 Å². The van der Waals surface area contributed by atoms with Gasteiger partial charge in [0.1, 0.15) is 23.3 Å². The van der Waals surface area contributed by atoms with Crippen LogP contribution < -0.4 is 15.4 Å². The molecule has 7 nitrogen and oxygen atoms in total. The predicted octanol–water partition coefficient (Wildman–Crippen LogP) is 4.83. The Morgan fingerprint density at radius 1 is 1.02 bits per heavy atom. The quantitative estimate of drug-likeness (QED) is 0.350. The van der Waals surface area contributed by atoms with Crippen LogP contribution in [0.4, 0.5) is 11.4 Å². The minimum atomic E-state index is -1.45. The number of hydrogen-bond acceptors (Lipinski definition) is 5. The molecular weight excluding hydrogens is 502 g/mol. The second kappa shape index (κ2) is 8.89. The van der Waals surface area contributed by atoms with Crippen LogP contribution >= 0.6 is 0 Å². The van der Waals surface area contributed by atoms with Gasteiger partial charge in [-0.25, -0.2) is 0 Å². The Hall–Kier alpha value is -4.23. The van der Waals surface area contributed by atoms with E-state index < -0.39 is 16.9 Å². The molecular formula is C33H31N3O4. The highest BCUT2D eigenvalue weighted by Gasteiger charge is 2.81. The molecule has 3 aromatic carbocycles. The number of para-hydroxylation sites is 1. The van der Waals surface area contributed by atoms with Crippen molar-refractivity contribution in [1.29, 1.82) is 0 Å². The lowest BCUT2D eigenvalue weighted by Gasteiger charge is -2.43. The van der Waals surface area contributed by atoms with Crippen LogP contribution in [0.25, 0.3) is 0 Å². The zero-order valence-corrected chi connectivity index (χ0v) is 22.4. The predicted molar refractivity (Wildman–Crippen MR) is 153 cm³/mol. The van der Waals surface area contributed by atoms with Gasteiger partial charge in [0, 0.05) is 28.5 Å². The van der Waals surface area contributed by atoms with Crippen LogP contribution in [0.2, 0.25) is 0 Å². The Kier molecular flexibility index (Phi) is 5.51. The summed E-state index contributed by atoms with van der Waals surface area (Å²) in [6.45, 7) is 6.72. The smallest absolute Gasteiger partial charge is 0.251 e. The molecule has 4 atom stereocenters. The first-order chi connectivity index (χ1) is 19.5. The SMILES string of the molecule is C=CCOc1cccc(C(=O)[C@@H]2[C@H]3CCCN3[C@]3(C(=O)Nc4ccc(CC)cc43)[C@]23C(=O)Nc2ccccc23)c1. The van der Waals surface area contributed by atoms with Gasteiger partial charge in [-0.05, 0) is 61.2 Å². The number of rotatable bonds is 6. The molecule has 2 N–H and O–H groups in total. The minimum Gasteiger partial charge on any atom is -0.490 e. The molecule has 0 aromatic heterocycles. The summed E-state index contributed by atoms with van der Waals surface area (Å²) in [4.78, 5) is 46.1. The Morgan fingerprint density at radius 2 is 1.82 bits per heavy atom. The number of benzene rings is 3. The molecule has 4 aliphatic rings. The number of anilines is 2. The fraction of sp³-hybridized carbons (Fsp3) is 0.303. The lowest BCUT2D eigenvalue weighted by Crippen LogP contribution is -2.62. The maximum absolute atomic E-state index is 14.8. The Bertz CT molecular complexity index is 1600. The van der Waals surface area contributed by atoms with Gasteiger partial charge in [0.2, 0.25) is 5.91 Å². The van der Waals surface area contributed by atoms with Crippen LogP contribution in [0.15, 0.2) is 79.4 Å². The molecule has 0 unspecified atom stereocenters. The van der Waals surface area contributed by atoms with Crippen molar-refractivity contribution >= 4 is 29.0 Å². The monoisotopic (exact) mass is 533 g/mol. The van der Waals surface area contributed by atoms with Gasteiger partial charge in [0.25, 0.3) is 5.91 Å². The largest absolute Gasteiger partial charge is 0.490 e.